The van der Waals surface area contributed by atoms with Crippen LogP contribution in [0.5, 0.6) is 0 Å². The molecule has 0 spiro atoms. The van der Waals surface area contributed by atoms with Gasteiger partial charge in [0.05, 0.1) is 0 Å². The molecule has 0 N–H and O–H groups in total. The number of esters is 1. The van der Waals surface area contributed by atoms with E-state index in [0.29, 0.717) is 13.0 Å². The molecule has 0 aromatic carbocycles. The number of fused-ring (bicyclic) bond motifs is 2. The number of hydrogen-bond acceptors (Lipinski definition) is 4. The molecule has 1 aliphatic heterocycles. The molecule has 0 saturated carbocycles. The highest BCUT2D eigenvalue weighted by Crippen LogP contribution is 2.54. The number of nitrogens with zero attached hydrogens (tertiary/aromatic N) is 1. The lowest BCUT2D eigenvalue weighted by Crippen LogP contribution is -2.49. The maximum atomic E-state index is 12.4. The highest BCUT2D eigenvalue weighted by atomic mass is 16.6. The van der Waals surface area contributed by atoms with Crippen LogP contribution in [0.3, 0.4) is 0 Å². The molecule has 142 valence electrons. The van der Waals surface area contributed by atoms with Crippen molar-refractivity contribution >= 4 is 11.9 Å². The summed E-state index contributed by atoms with van der Waals surface area (Å²) in [5.41, 5.74) is 3.89. The zero-order valence-electron chi connectivity index (χ0n) is 16.6. The van der Waals surface area contributed by atoms with Crippen molar-refractivity contribution in [2.24, 2.45) is 11.3 Å². The van der Waals surface area contributed by atoms with Crippen LogP contribution >= 0.6 is 0 Å². The summed E-state index contributed by atoms with van der Waals surface area (Å²) in [4.78, 5) is 26.1. The van der Waals surface area contributed by atoms with Gasteiger partial charge in [0.25, 0.3) is 5.91 Å². The zero-order chi connectivity index (χ0) is 19.2. The van der Waals surface area contributed by atoms with Crippen LogP contribution in [0.1, 0.15) is 47.5 Å². The molecule has 3 rings (SSSR count). The predicted octanol–water partition coefficient (Wildman–Crippen LogP) is 3.37. The van der Waals surface area contributed by atoms with Crippen LogP contribution in [0.15, 0.2) is 34.6 Å². The van der Waals surface area contributed by atoms with Gasteiger partial charge in [-0.15, -0.1) is 0 Å². The first-order chi connectivity index (χ1) is 12.2. The molecule has 0 bridgehead atoms. The smallest absolute Gasteiger partial charge is 0.305 e. The molecule has 1 amide bonds. The first-order valence-electron chi connectivity index (χ1n) is 9.47. The highest BCUT2D eigenvalue weighted by molar-refractivity contribution is 6.00. The Balaban J connectivity index is 2.07. The number of carbonyl (C=O) groups excluding carboxylic acids is 2. The molecule has 0 aromatic rings. The van der Waals surface area contributed by atoms with E-state index in [0.717, 1.165) is 23.3 Å². The first-order valence-corrected chi connectivity index (χ1v) is 9.47. The summed E-state index contributed by atoms with van der Waals surface area (Å²) in [6, 6.07) is 0. The number of rotatable bonds is 4. The first kappa shape index (κ1) is 18.9. The number of hydrogen-bond donors (Lipinski definition) is 0. The highest BCUT2D eigenvalue weighted by Gasteiger charge is 2.51. The fraction of sp³-hybridized carbons (Fsp3) is 0.619. The van der Waals surface area contributed by atoms with E-state index >= 15 is 0 Å². The van der Waals surface area contributed by atoms with Crippen LogP contribution in [0, 0.1) is 11.3 Å². The third-order valence-electron chi connectivity index (χ3n) is 6.33. The van der Waals surface area contributed by atoms with Crippen LogP contribution in [-0.2, 0) is 19.1 Å². The topological polar surface area (TPSA) is 55.8 Å². The number of allylic oxidation sites excluding steroid dienone is 3. The molecule has 0 saturated heterocycles. The summed E-state index contributed by atoms with van der Waals surface area (Å²) < 4.78 is 11.7. The van der Waals surface area contributed by atoms with E-state index in [1.807, 2.05) is 20.9 Å². The lowest BCUT2D eigenvalue weighted by atomic mass is 9.59. The zero-order valence-corrected chi connectivity index (χ0v) is 16.6. The van der Waals surface area contributed by atoms with Crippen molar-refractivity contribution in [2.45, 2.75) is 59.7 Å². The molecule has 0 fully saturated rings. The minimum absolute atomic E-state index is 0.0667. The van der Waals surface area contributed by atoms with Crippen molar-refractivity contribution in [3.63, 3.8) is 0 Å². The van der Waals surface area contributed by atoms with Crippen molar-refractivity contribution in [3.8, 4) is 0 Å². The van der Waals surface area contributed by atoms with Gasteiger partial charge in [0, 0.05) is 42.7 Å². The summed E-state index contributed by atoms with van der Waals surface area (Å²) in [5.74, 6) is -0.0593. The summed E-state index contributed by atoms with van der Waals surface area (Å²) in [6.45, 7) is 10.5. The Morgan fingerprint density at radius 3 is 2.69 bits per heavy atom. The van der Waals surface area contributed by atoms with Gasteiger partial charge in [-0.25, -0.2) is 0 Å². The normalized spacial score (nSPS) is 33.5. The Bertz CT molecular complexity index is 732. The maximum Gasteiger partial charge on any atom is 0.305 e. The van der Waals surface area contributed by atoms with Gasteiger partial charge in [0.1, 0.15) is 12.2 Å². The second kappa shape index (κ2) is 6.69. The van der Waals surface area contributed by atoms with Gasteiger partial charge in [-0.2, -0.15) is 0 Å². The van der Waals surface area contributed by atoms with Gasteiger partial charge < -0.3 is 14.4 Å². The summed E-state index contributed by atoms with van der Waals surface area (Å²) in [5, 5.41) is 0. The molecule has 0 unspecified atom stereocenters. The van der Waals surface area contributed by atoms with Crippen molar-refractivity contribution in [1.82, 2.24) is 4.90 Å². The summed E-state index contributed by atoms with van der Waals surface area (Å²) >= 11 is 0. The maximum absolute atomic E-state index is 12.4. The van der Waals surface area contributed by atoms with Crippen LogP contribution < -0.4 is 0 Å². The van der Waals surface area contributed by atoms with Crippen molar-refractivity contribution < 1.29 is 19.1 Å². The van der Waals surface area contributed by atoms with Crippen molar-refractivity contribution in [2.75, 3.05) is 13.7 Å². The van der Waals surface area contributed by atoms with E-state index in [2.05, 4.69) is 26.0 Å². The monoisotopic (exact) mass is 359 g/mol. The fourth-order valence-corrected chi connectivity index (χ4v) is 4.39. The van der Waals surface area contributed by atoms with Gasteiger partial charge >= 0.3 is 5.97 Å². The van der Waals surface area contributed by atoms with Crippen molar-refractivity contribution in [3.05, 3.63) is 34.6 Å². The average Bonchev–Trinajstić information content (AvgIpc) is 2.81. The Morgan fingerprint density at radius 1 is 1.38 bits per heavy atom. The minimum Gasteiger partial charge on any atom is -0.459 e. The Hall–Kier alpha value is -1.88. The average molecular weight is 359 g/mol. The number of amides is 1. The Kier molecular flexibility index (Phi) is 4.86. The minimum atomic E-state index is -0.318. The van der Waals surface area contributed by atoms with Crippen LogP contribution in [0.25, 0.3) is 0 Å². The lowest BCUT2D eigenvalue weighted by molar-refractivity contribution is -0.164. The lowest BCUT2D eigenvalue weighted by Gasteiger charge is -2.49. The van der Waals surface area contributed by atoms with E-state index in [9.17, 15) is 9.59 Å². The Labute approximate surface area is 155 Å². The van der Waals surface area contributed by atoms with Crippen LogP contribution in [0.4, 0.5) is 0 Å². The number of likely N-dealkylation sites (N-methyl/N-ethyl adjacent to an activating group) is 1. The van der Waals surface area contributed by atoms with E-state index < -0.39 is 0 Å². The molecule has 2 aliphatic carbocycles. The number of carbonyl (C=O) groups is 2. The molecular weight excluding hydrogens is 330 g/mol. The third-order valence-corrected chi connectivity index (χ3v) is 6.33. The molecular formula is C21H29NO4. The molecule has 0 aromatic heterocycles. The SMILES string of the molecule is CCO[C@@H]1C=C2C=C3C(=C(C)C(=O)N3C)C[C@]2(C)[C@@H](C)[C@H]1OC(=O)CC. The second-order valence-corrected chi connectivity index (χ2v) is 7.73. The van der Waals surface area contributed by atoms with Crippen molar-refractivity contribution in [1.29, 1.82) is 0 Å². The van der Waals surface area contributed by atoms with Crippen LogP contribution in [0.2, 0.25) is 0 Å². The largest absolute Gasteiger partial charge is 0.459 e. The molecule has 3 aliphatic rings. The standard InChI is InChI=1S/C21H29NO4/c1-7-18(23)26-19-13(4)21(5)11-15-12(3)20(24)22(6)16(15)9-14(21)10-17(19)25-8-2/h9-10,13,17,19H,7-8,11H2,1-6H3/t13-,17+,19+,21+/m0/s1. The second-order valence-electron chi connectivity index (χ2n) is 7.73. The molecule has 5 nitrogen and oxygen atoms in total. The fourth-order valence-electron chi connectivity index (χ4n) is 4.39. The quantitative estimate of drug-likeness (QED) is 0.722. The Morgan fingerprint density at radius 2 is 2.08 bits per heavy atom. The number of ether oxygens (including phenoxy) is 2. The van der Waals surface area contributed by atoms with Crippen LogP contribution in [-0.4, -0.2) is 42.6 Å². The molecule has 5 heteroatoms. The summed E-state index contributed by atoms with van der Waals surface area (Å²) in [7, 11) is 1.83. The molecule has 1 heterocycles. The molecule has 26 heavy (non-hydrogen) atoms. The van der Waals surface area contributed by atoms with Gasteiger partial charge in [-0.3, -0.25) is 9.59 Å². The van der Waals surface area contributed by atoms with Gasteiger partial charge in [0.2, 0.25) is 0 Å². The van der Waals surface area contributed by atoms with Gasteiger partial charge in [-0.05, 0) is 43.6 Å². The predicted molar refractivity (Wildman–Crippen MR) is 99.1 cm³/mol. The van der Waals surface area contributed by atoms with E-state index in [1.165, 1.54) is 5.57 Å². The summed E-state index contributed by atoms with van der Waals surface area (Å²) in [6.07, 6.45) is 4.75. The van der Waals surface area contributed by atoms with Gasteiger partial charge in [-0.1, -0.05) is 20.8 Å². The van der Waals surface area contributed by atoms with E-state index in [1.54, 1.807) is 11.8 Å². The van der Waals surface area contributed by atoms with E-state index in [4.69, 9.17) is 9.47 Å². The third kappa shape index (κ3) is 2.73. The van der Waals surface area contributed by atoms with Gasteiger partial charge in [0.15, 0.2) is 0 Å². The molecule has 4 atom stereocenters. The molecule has 0 radical (unpaired) electrons. The van der Waals surface area contributed by atoms with E-state index in [-0.39, 0.29) is 35.4 Å².